The quantitative estimate of drug-likeness (QED) is 0.404. The van der Waals surface area contributed by atoms with Crippen LogP contribution in [-0.2, 0) is 14.6 Å². The Morgan fingerprint density at radius 1 is 1.16 bits per heavy atom. The molecular formula is C14H18ClN5O4S. The van der Waals surface area contributed by atoms with Crippen molar-refractivity contribution in [3.8, 4) is 0 Å². The van der Waals surface area contributed by atoms with Gasteiger partial charge in [0.1, 0.15) is 11.5 Å². The molecule has 0 saturated heterocycles. The van der Waals surface area contributed by atoms with E-state index in [4.69, 9.17) is 16.0 Å². The van der Waals surface area contributed by atoms with Gasteiger partial charge in [-0.15, -0.1) is 24.1 Å². The summed E-state index contributed by atoms with van der Waals surface area (Å²) >= 11 is 0. The highest BCUT2D eigenvalue weighted by atomic mass is 35.5. The fourth-order valence-electron chi connectivity index (χ4n) is 1.31. The average Bonchev–Trinajstić information content (AvgIpc) is 2.53. The summed E-state index contributed by atoms with van der Waals surface area (Å²) in [5.41, 5.74) is 12.4. The third kappa shape index (κ3) is 10.0. The number of aromatic nitrogens is 1. The van der Waals surface area contributed by atoms with Crippen molar-refractivity contribution < 1.29 is 17.2 Å². The Labute approximate surface area is 151 Å². The molecule has 0 radical (unpaired) electrons. The van der Waals surface area contributed by atoms with Crippen LogP contribution in [0.1, 0.15) is 0 Å². The van der Waals surface area contributed by atoms with Crippen LogP contribution in [0, 0.1) is 0 Å². The van der Waals surface area contributed by atoms with Gasteiger partial charge in [0.05, 0.1) is 12.3 Å². The first kappa shape index (κ1) is 22.5. The minimum absolute atomic E-state index is 0. The number of halogens is 1. The van der Waals surface area contributed by atoms with Crippen LogP contribution in [0.15, 0.2) is 65.3 Å². The molecule has 136 valence electrons. The van der Waals surface area contributed by atoms with Crippen LogP contribution >= 0.6 is 12.4 Å². The minimum Gasteiger partial charge on any atom is -0.384 e. The van der Waals surface area contributed by atoms with Crippen LogP contribution in [-0.4, -0.2) is 24.6 Å². The monoisotopic (exact) mass is 387 g/mol. The van der Waals surface area contributed by atoms with Crippen LogP contribution in [0.4, 0.5) is 23.0 Å². The van der Waals surface area contributed by atoms with Gasteiger partial charge in [-0.05, 0) is 24.3 Å². The van der Waals surface area contributed by atoms with Crippen molar-refractivity contribution in [3.63, 3.8) is 0 Å². The summed E-state index contributed by atoms with van der Waals surface area (Å²) in [6.45, 7) is 2.97. The molecule has 0 aliphatic carbocycles. The fraction of sp³-hybridized carbons (Fsp3) is 0.0714. The van der Waals surface area contributed by atoms with Crippen molar-refractivity contribution in [2.75, 3.05) is 18.1 Å². The van der Waals surface area contributed by atoms with Gasteiger partial charge in [0.25, 0.3) is 0 Å². The number of nitrogen functional groups attached to an aromatic ring is 2. The standard InChI is InChI=1S/C11H11N5.C3H6O4S.ClH/c12-10-7-6-9(11(13)14-10)16-15-8-4-2-1-3-5-8;1-2-3-7-8(4,5)6;/h1-7H,(H4,12,13,14);2H,1,3H2,(H,4,5,6);1H. The average molecular weight is 388 g/mol. The molecule has 2 aromatic rings. The Kier molecular flexibility index (Phi) is 9.98. The predicted octanol–water partition coefficient (Wildman–Crippen LogP) is 3.08. The maximum Gasteiger partial charge on any atom is 0.397 e. The Hall–Kier alpha value is -2.53. The molecular weight excluding hydrogens is 370 g/mol. The van der Waals surface area contributed by atoms with Crippen LogP contribution < -0.4 is 11.5 Å². The molecule has 0 atom stereocenters. The summed E-state index contributed by atoms with van der Waals surface area (Å²) in [6.07, 6.45) is 1.22. The molecule has 1 aromatic carbocycles. The number of pyridine rings is 1. The van der Waals surface area contributed by atoms with E-state index in [1.54, 1.807) is 12.1 Å². The lowest BCUT2D eigenvalue weighted by atomic mass is 10.3. The Morgan fingerprint density at radius 2 is 1.80 bits per heavy atom. The van der Waals surface area contributed by atoms with Gasteiger partial charge in [0.15, 0.2) is 5.82 Å². The van der Waals surface area contributed by atoms with Crippen molar-refractivity contribution in [1.29, 1.82) is 0 Å². The van der Waals surface area contributed by atoms with E-state index in [1.165, 1.54) is 6.08 Å². The minimum atomic E-state index is -4.26. The van der Waals surface area contributed by atoms with E-state index in [1.807, 2.05) is 30.3 Å². The summed E-state index contributed by atoms with van der Waals surface area (Å²) in [4.78, 5) is 3.89. The molecule has 25 heavy (non-hydrogen) atoms. The van der Waals surface area contributed by atoms with Gasteiger partial charge in [-0.1, -0.05) is 24.3 Å². The zero-order chi connectivity index (χ0) is 18.0. The van der Waals surface area contributed by atoms with Gasteiger partial charge in [-0.3, -0.25) is 4.55 Å². The van der Waals surface area contributed by atoms with Gasteiger partial charge in [0, 0.05) is 0 Å². The van der Waals surface area contributed by atoms with Crippen molar-refractivity contribution >= 4 is 45.8 Å². The number of hydrogen-bond acceptors (Lipinski definition) is 8. The smallest absolute Gasteiger partial charge is 0.384 e. The van der Waals surface area contributed by atoms with Gasteiger partial charge < -0.3 is 11.5 Å². The van der Waals surface area contributed by atoms with E-state index >= 15 is 0 Å². The van der Waals surface area contributed by atoms with Crippen molar-refractivity contribution in [2.24, 2.45) is 10.2 Å². The number of hydrogen-bond donors (Lipinski definition) is 3. The lowest BCUT2D eigenvalue weighted by Gasteiger charge is -1.98. The van der Waals surface area contributed by atoms with Crippen LogP contribution in [0.2, 0.25) is 0 Å². The predicted molar refractivity (Wildman–Crippen MR) is 98.6 cm³/mol. The van der Waals surface area contributed by atoms with Crippen molar-refractivity contribution in [1.82, 2.24) is 4.98 Å². The number of azo groups is 1. The maximum absolute atomic E-state index is 9.68. The summed E-state index contributed by atoms with van der Waals surface area (Å²) in [7, 11) is -4.26. The molecule has 9 nitrogen and oxygen atoms in total. The Bertz CT molecular complexity index is 800. The lowest BCUT2D eigenvalue weighted by Crippen LogP contribution is -2.02. The molecule has 11 heteroatoms. The normalized spacial score (nSPS) is 10.4. The molecule has 5 N–H and O–H groups in total. The zero-order valence-corrected chi connectivity index (χ0v) is 14.7. The van der Waals surface area contributed by atoms with Gasteiger partial charge in [-0.25, -0.2) is 9.17 Å². The molecule has 0 amide bonds. The second-order valence-corrected chi connectivity index (χ2v) is 5.27. The summed E-state index contributed by atoms with van der Waals surface area (Å²) in [5.74, 6) is 0.649. The lowest BCUT2D eigenvalue weighted by molar-refractivity contribution is 0.296. The largest absolute Gasteiger partial charge is 0.397 e. The number of nitrogens with zero attached hydrogens (tertiary/aromatic N) is 3. The Balaban J connectivity index is 0.000000552. The van der Waals surface area contributed by atoms with Crippen LogP contribution in [0.5, 0.6) is 0 Å². The second-order valence-electron chi connectivity index (χ2n) is 4.18. The highest BCUT2D eigenvalue weighted by molar-refractivity contribution is 7.80. The molecule has 2 rings (SSSR count). The first-order valence-corrected chi connectivity index (χ1v) is 7.90. The summed E-state index contributed by atoms with van der Waals surface area (Å²) < 4.78 is 31.0. The molecule has 0 unspecified atom stereocenters. The maximum atomic E-state index is 9.68. The number of anilines is 2. The molecule has 1 heterocycles. The van der Waals surface area contributed by atoms with Crippen LogP contribution in [0.25, 0.3) is 0 Å². The van der Waals surface area contributed by atoms with Gasteiger partial charge >= 0.3 is 10.4 Å². The third-order valence-electron chi connectivity index (χ3n) is 2.29. The summed E-state index contributed by atoms with van der Waals surface area (Å²) in [6, 6.07) is 12.7. The van der Waals surface area contributed by atoms with E-state index in [0.717, 1.165) is 5.69 Å². The van der Waals surface area contributed by atoms with E-state index in [0.29, 0.717) is 11.5 Å². The molecule has 0 spiro atoms. The number of nitrogens with two attached hydrogens (primary N) is 2. The molecule has 0 aliphatic heterocycles. The van der Waals surface area contributed by atoms with Crippen molar-refractivity contribution in [2.45, 2.75) is 0 Å². The molecule has 0 fully saturated rings. The molecule has 0 aliphatic rings. The van der Waals surface area contributed by atoms with Gasteiger partial charge in [0.2, 0.25) is 0 Å². The molecule has 0 bridgehead atoms. The first-order valence-electron chi connectivity index (χ1n) is 6.53. The summed E-state index contributed by atoms with van der Waals surface area (Å²) in [5, 5.41) is 8.03. The van der Waals surface area contributed by atoms with E-state index in [9.17, 15) is 8.42 Å². The SMILES string of the molecule is C=CCOS(=O)(=O)O.Cl.Nc1ccc(N=Nc2ccccc2)c(N)n1. The number of benzene rings is 1. The third-order valence-corrected chi connectivity index (χ3v) is 2.72. The second kappa shape index (κ2) is 11.1. The highest BCUT2D eigenvalue weighted by Gasteiger charge is 1.99. The van der Waals surface area contributed by atoms with Gasteiger partial charge in [-0.2, -0.15) is 13.5 Å². The van der Waals surface area contributed by atoms with E-state index < -0.39 is 10.4 Å². The van der Waals surface area contributed by atoms with E-state index in [-0.39, 0.29) is 24.8 Å². The van der Waals surface area contributed by atoms with E-state index in [2.05, 4.69) is 26.0 Å². The van der Waals surface area contributed by atoms with Crippen LogP contribution in [0.3, 0.4) is 0 Å². The molecule has 0 saturated carbocycles. The molecule has 1 aromatic heterocycles. The zero-order valence-electron chi connectivity index (χ0n) is 13.0. The highest BCUT2D eigenvalue weighted by Crippen LogP contribution is 2.23. The van der Waals surface area contributed by atoms with Crippen molar-refractivity contribution in [3.05, 3.63) is 55.1 Å². The fourth-order valence-corrected chi connectivity index (χ4v) is 1.58. The number of rotatable bonds is 5. The first-order chi connectivity index (χ1) is 11.3. The Morgan fingerprint density at radius 3 is 2.28 bits per heavy atom. The topological polar surface area (TPSA) is 153 Å².